The Morgan fingerprint density at radius 2 is 1.94 bits per heavy atom. The fourth-order valence-corrected chi connectivity index (χ4v) is 1.72. The second-order valence-electron chi connectivity index (χ2n) is 3.04. The van der Waals surface area contributed by atoms with E-state index in [2.05, 4.69) is 36.2 Å². The maximum absolute atomic E-state index is 5.95. The summed E-state index contributed by atoms with van der Waals surface area (Å²) in [6, 6.07) is 5.33. The zero-order valence-electron chi connectivity index (χ0n) is 8.28. The van der Waals surface area contributed by atoms with Gasteiger partial charge in [-0.15, -0.1) is 0 Å². The minimum atomic E-state index is 0.0307. The number of halogens is 3. The highest BCUT2D eigenvalue weighted by Gasteiger charge is 2.04. The summed E-state index contributed by atoms with van der Waals surface area (Å²) in [5, 5.41) is 3.52. The molecule has 0 aliphatic rings. The number of rotatable bonds is 2. The van der Waals surface area contributed by atoms with E-state index in [9.17, 15) is 0 Å². The van der Waals surface area contributed by atoms with Gasteiger partial charge in [0.25, 0.3) is 0 Å². The average molecular weight is 335 g/mol. The minimum Gasteiger partial charge on any atom is -0.368 e. The lowest BCUT2D eigenvalue weighted by molar-refractivity contribution is 1.07. The molecule has 2 rings (SSSR count). The number of nitrogens with zero attached hydrogens (tertiary/aromatic N) is 3. The maximum atomic E-state index is 5.95. The highest BCUT2D eigenvalue weighted by atomic mass is 79.9. The van der Waals surface area contributed by atoms with E-state index >= 15 is 0 Å². The molecule has 0 fully saturated rings. The highest BCUT2D eigenvalue weighted by Crippen LogP contribution is 2.26. The molecule has 17 heavy (non-hydrogen) atoms. The quantitative estimate of drug-likeness (QED) is 0.881. The molecule has 0 aliphatic carbocycles. The largest absolute Gasteiger partial charge is 0.368 e. The van der Waals surface area contributed by atoms with Crippen molar-refractivity contribution in [2.24, 2.45) is 0 Å². The zero-order chi connectivity index (χ0) is 12.4. The predicted octanol–water partition coefficient (Wildman–Crippen LogP) is 3.27. The van der Waals surface area contributed by atoms with Crippen LogP contribution in [0, 0.1) is 0 Å². The lowest BCUT2D eigenvalue weighted by atomic mass is 10.3. The molecule has 3 N–H and O–H groups in total. The number of benzene rings is 1. The lowest BCUT2D eigenvalue weighted by Crippen LogP contribution is -2.03. The molecule has 1 heterocycles. The van der Waals surface area contributed by atoms with Crippen molar-refractivity contribution in [2.45, 2.75) is 0 Å². The average Bonchev–Trinajstić information content (AvgIpc) is 2.22. The number of nitrogens with two attached hydrogens (primary N) is 1. The van der Waals surface area contributed by atoms with E-state index in [4.69, 9.17) is 28.9 Å². The molecule has 0 saturated carbocycles. The molecule has 5 nitrogen and oxygen atoms in total. The zero-order valence-corrected chi connectivity index (χ0v) is 11.4. The van der Waals surface area contributed by atoms with Crippen LogP contribution in [0.25, 0.3) is 0 Å². The number of nitrogens with one attached hydrogen (secondary N) is 1. The van der Waals surface area contributed by atoms with E-state index in [0.717, 1.165) is 10.2 Å². The first-order valence-corrected chi connectivity index (χ1v) is 5.98. The first-order chi connectivity index (χ1) is 8.04. The van der Waals surface area contributed by atoms with Gasteiger partial charge >= 0.3 is 0 Å². The van der Waals surface area contributed by atoms with Gasteiger partial charge in [0.1, 0.15) is 0 Å². The third kappa shape index (κ3) is 3.18. The van der Waals surface area contributed by atoms with Crippen molar-refractivity contribution >= 4 is 56.7 Å². The minimum absolute atomic E-state index is 0.0307. The van der Waals surface area contributed by atoms with Crippen molar-refractivity contribution in [1.82, 2.24) is 15.0 Å². The molecule has 0 radical (unpaired) electrons. The SMILES string of the molecule is Nc1nc(Cl)nc(Nc2ccc(Br)c(Cl)c2)n1. The third-order valence-corrected chi connectivity index (χ3v) is 3.20. The van der Waals surface area contributed by atoms with Crippen LogP contribution in [0.1, 0.15) is 0 Å². The first-order valence-electron chi connectivity index (χ1n) is 4.44. The summed E-state index contributed by atoms with van der Waals surface area (Å²) in [5.41, 5.74) is 6.17. The Balaban J connectivity index is 2.28. The van der Waals surface area contributed by atoms with Gasteiger partial charge in [0.2, 0.25) is 17.2 Å². The second kappa shape index (κ2) is 5.03. The third-order valence-electron chi connectivity index (χ3n) is 1.80. The van der Waals surface area contributed by atoms with Crippen LogP contribution in [-0.2, 0) is 0 Å². The summed E-state index contributed by atoms with van der Waals surface area (Å²) in [6.07, 6.45) is 0. The molecule has 0 amide bonds. The number of hydrogen-bond donors (Lipinski definition) is 2. The summed E-state index contributed by atoms with van der Waals surface area (Å²) in [6.45, 7) is 0. The predicted molar refractivity (Wildman–Crippen MR) is 71.7 cm³/mol. The number of aromatic nitrogens is 3. The molecule has 0 spiro atoms. The summed E-state index contributed by atoms with van der Waals surface area (Å²) in [7, 11) is 0. The molecule has 0 bridgehead atoms. The van der Waals surface area contributed by atoms with Crippen molar-refractivity contribution in [3.8, 4) is 0 Å². The molecular formula is C9H6BrCl2N5. The molecule has 8 heteroatoms. The van der Waals surface area contributed by atoms with Crippen LogP contribution in [0.15, 0.2) is 22.7 Å². The van der Waals surface area contributed by atoms with Gasteiger partial charge < -0.3 is 11.1 Å². The Bertz CT molecular complexity index is 543. The van der Waals surface area contributed by atoms with Crippen molar-refractivity contribution in [1.29, 1.82) is 0 Å². The fourth-order valence-electron chi connectivity index (χ4n) is 1.12. The highest BCUT2D eigenvalue weighted by molar-refractivity contribution is 9.10. The number of nitrogen functional groups attached to an aromatic ring is 1. The van der Waals surface area contributed by atoms with E-state index in [0.29, 0.717) is 5.02 Å². The van der Waals surface area contributed by atoms with E-state index in [-0.39, 0.29) is 17.2 Å². The summed E-state index contributed by atoms with van der Waals surface area (Å²) in [4.78, 5) is 11.4. The van der Waals surface area contributed by atoms with Gasteiger partial charge in [0, 0.05) is 10.2 Å². The molecule has 88 valence electrons. The molecule has 2 aromatic rings. The molecule has 0 atom stereocenters. The van der Waals surface area contributed by atoms with Gasteiger partial charge in [-0.3, -0.25) is 0 Å². The normalized spacial score (nSPS) is 10.3. The van der Waals surface area contributed by atoms with Crippen LogP contribution in [0.4, 0.5) is 17.6 Å². The van der Waals surface area contributed by atoms with E-state index in [1.54, 1.807) is 12.1 Å². The maximum Gasteiger partial charge on any atom is 0.233 e. The summed E-state index contributed by atoms with van der Waals surface area (Å²) < 4.78 is 0.804. The standard InChI is InChI=1S/C9H6BrCl2N5/c10-5-2-1-4(3-6(5)11)14-9-16-7(12)15-8(13)17-9/h1-3H,(H3,13,14,15,16,17). The van der Waals surface area contributed by atoms with Crippen molar-refractivity contribution < 1.29 is 0 Å². The molecule has 1 aromatic heterocycles. The lowest BCUT2D eigenvalue weighted by Gasteiger charge is -2.06. The Labute approximate surface area is 116 Å². The Morgan fingerprint density at radius 1 is 1.18 bits per heavy atom. The van der Waals surface area contributed by atoms with Crippen molar-refractivity contribution in [3.63, 3.8) is 0 Å². The van der Waals surface area contributed by atoms with Crippen LogP contribution >= 0.6 is 39.1 Å². The first kappa shape index (κ1) is 12.3. The van der Waals surface area contributed by atoms with Crippen molar-refractivity contribution in [2.75, 3.05) is 11.1 Å². The van der Waals surface area contributed by atoms with Gasteiger partial charge in [0.05, 0.1) is 5.02 Å². The molecule has 0 unspecified atom stereocenters. The second-order valence-corrected chi connectivity index (χ2v) is 4.64. The number of anilines is 3. The monoisotopic (exact) mass is 333 g/mol. The Morgan fingerprint density at radius 3 is 2.59 bits per heavy atom. The van der Waals surface area contributed by atoms with Gasteiger partial charge in [-0.2, -0.15) is 15.0 Å². The summed E-state index contributed by atoms with van der Waals surface area (Å²) >= 11 is 14.9. The smallest absolute Gasteiger partial charge is 0.233 e. The summed E-state index contributed by atoms with van der Waals surface area (Å²) in [5.74, 6) is 0.316. The van der Waals surface area contributed by atoms with Crippen LogP contribution in [-0.4, -0.2) is 15.0 Å². The van der Waals surface area contributed by atoms with E-state index in [1.807, 2.05) is 6.07 Å². The van der Waals surface area contributed by atoms with Crippen LogP contribution in [0.5, 0.6) is 0 Å². The topological polar surface area (TPSA) is 76.7 Å². The van der Waals surface area contributed by atoms with E-state index < -0.39 is 0 Å². The molecule has 0 aliphatic heterocycles. The van der Waals surface area contributed by atoms with Gasteiger partial charge in [-0.25, -0.2) is 0 Å². The van der Waals surface area contributed by atoms with Crippen LogP contribution < -0.4 is 11.1 Å². The number of hydrogen-bond acceptors (Lipinski definition) is 5. The van der Waals surface area contributed by atoms with Gasteiger partial charge in [0.15, 0.2) is 0 Å². The van der Waals surface area contributed by atoms with Crippen LogP contribution in [0.3, 0.4) is 0 Å². The van der Waals surface area contributed by atoms with Gasteiger partial charge in [-0.05, 0) is 45.7 Å². The Hall–Kier alpha value is -1.11. The van der Waals surface area contributed by atoms with E-state index in [1.165, 1.54) is 0 Å². The molecule has 0 saturated heterocycles. The fraction of sp³-hybridized carbons (Fsp3) is 0. The molecular weight excluding hydrogens is 329 g/mol. The van der Waals surface area contributed by atoms with Gasteiger partial charge in [-0.1, -0.05) is 11.6 Å². The Kier molecular flexibility index (Phi) is 3.66. The van der Waals surface area contributed by atoms with Crippen LogP contribution in [0.2, 0.25) is 10.3 Å². The van der Waals surface area contributed by atoms with Crippen molar-refractivity contribution in [3.05, 3.63) is 33.0 Å². The molecule has 1 aromatic carbocycles.